The molecule has 17 rings (SSSR count). The summed E-state index contributed by atoms with van der Waals surface area (Å²) in [6, 6.07) is 123. The second kappa shape index (κ2) is 27.5. The van der Waals surface area contributed by atoms with Gasteiger partial charge in [-0.15, -0.1) is 34.0 Å². The summed E-state index contributed by atoms with van der Waals surface area (Å²) in [6.07, 6.45) is 0. The molecule has 0 atom stereocenters. The van der Waals surface area contributed by atoms with Gasteiger partial charge in [-0.3, -0.25) is 0 Å². The van der Waals surface area contributed by atoms with Gasteiger partial charge in [0.05, 0.1) is 0 Å². The van der Waals surface area contributed by atoms with Crippen LogP contribution < -0.4 is 20.4 Å². The number of thiophene rings is 3. The lowest BCUT2D eigenvalue weighted by Gasteiger charge is -2.26. The van der Waals surface area contributed by atoms with Crippen LogP contribution in [0.1, 0.15) is 0 Å². The molecule has 0 saturated heterocycles. The highest BCUT2D eigenvalue weighted by Crippen LogP contribution is 2.44. The standard InChI is InChI=1S/C48H32N2S2.C24H20N2.C12H7BrS.CH3/c1-3-11-35(12-4-1)49(39-27-29-47-43(31-39)41-15-7-9-17-45(41)51-47)37-23-19-33(20-24-37)34-21-25-38(26-22-34)50(36-13-5-2-6-14-36)40-28-30-48-44(32-40)42-16-8-10-18-46(42)52-48;1-3-7-21(8-4-1)25-23-15-11-19(12-16-23)20-13-17-24(18-14-20)26-22-9-5-2-6-10-22;13-8-5-6-12-10(7-8)9-3-1-2-4-11(9)14-12;/h1-32H;1-18,25-26H;1-7H;1H3/q;;;-1. The van der Waals surface area contributed by atoms with Crippen LogP contribution in [0.3, 0.4) is 0 Å². The van der Waals surface area contributed by atoms with E-state index in [1.54, 1.807) is 0 Å². The lowest BCUT2D eigenvalue weighted by molar-refractivity contribution is 1.29. The van der Waals surface area contributed by atoms with E-state index in [1.165, 1.54) is 82.8 Å². The van der Waals surface area contributed by atoms with Crippen LogP contribution in [0.4, 0.5) is 56.9 Å². The fraction of sp³-hybridized carbons (Fsp3) is 0. The van der Waals surface area contributed by atoms with Crippen molar-refractivity contribution in [2.24, 2.45) is 0 Å². The van der Waals surface area contributed by atoms with Crippen molar-refractivity contribution in [2.45, 2.75) is 0 Å². The third-order valence-electron chi connectivity index (χ3n) is 16.4. The second-order valence-corrected chi connectivity index (χ2v) is 26.5. The lowest BCUT2D eigenvalue weighted by Crippen LogP contribution is -2.10. The molecule has 0 spiro atoms. The van der Waals surface area contributed by atoms with Crippen LogP contribution in [0.25, 0.3) is 82.8 Å². The van der Waals surface area contributed by atoms with E-state index in [2.05, 4.69) is 346 Å². The third kappa shape index (κ3) is 13.2. The summed E-state index contributed by atoms with van der Waals surface area (Å²) < 4.78 is 9.12. The van der Waals surface area contributed by atoms with Crippen molar-refractivity contribution in [3.05, 3.63) is 358 Å². The molecule has 0 radical (unpaired) electrons. The minimum absolute atomic E-state index is 0. The molecule has 2 N–H and O–H groups in total. The van der Waals surface area contributed by atoms with Crippen LogP contribution >= 0.6 is 49.9 Å². The molecule has 8 heteroatoms. The van der Waals surface area contributed by atoms with Crippen LogP contribution in [-0.4, -0.2) is 0 Å². The predicted octanol–water partition coefficient (Wildman–Crippen LogP) is 27.1. The summed E-state index contributed by atoms with van der Waals surface area (Å²) in [7, 11) is 0. The largest absolute Gasteiger partial charge is 0.358 e. The van der Waals surface area contributed by atoms with E-state index in [-0.39, 0.29) is 7.43 Å². The Morgan fingerprint density at radius 3 is 0.839 bits per heavy atom. The quantitative estimate of drug-likeness (QED) is 0.119. The van der Waals surface area contributed by atoms with Gasteiger partial charge in [-0.05, 0) is 192 Å². The van der Waals surface area contributed by atoms with Gasteiger partial charge >= 0.3 is 0 Å². The van der Waals surface area contributed by atoms with Gasteiger partial charge < -0.3 is 27.9 Å². The number of hydrogen-bond donors (Lipinski definition) is 2. The number of nitrogens with zero attached hydrogens (tertiary/aromatic N) is 2. The first kappa shape index (κ1) is 60.0. The SMILES string of the molecule is Brc1ccc2sc3ccccc3c2c1.[CH3-].c1ccc(N(c2ccc(-c3ccc(N(c4ccccc4)c4ccc5sc6ccccc6c5c4)cc3)cc2)c2ccc3sc4ccccc4c3c2)cc1.c1ccc(Nc2ccc(-c3ccc(Nc4ccccc4)cc3)cc2)cc1. The van der Waals surface area contributed by atoms with Gasteiger partial charge in [-0.2, -0.15) is 0 Å². The first-order valence-corrected chi connectivity index (χ1v) is 33.9. The van der Waals surface area contributed by atoms with E-state index in [0.717, 1.165) is 61.3 Å². The van der Waals surface area contributed by atoms with E-state index in [9.17, 15) is 0 Å². The summed E-state index contributed by atoms with van der Waals surface area (Å²) in [5.41, 5.74) is 15.9. The van der Waals surface area contributed by atoms with Crippen molar-refractivity contribution in [2.75, 3.05) is 20.4 Å². The highest BCUT2D eigenvalue weighted by atomic mass is 79.9. The highest BCUT2D eigenvalue weighted by molar-refractivity contribution is 9.10. The summed E-state index contributed by atoms with van der Waals surface area (Å²) in [5.74, 6) is 0. The van der Waals surface area contributed by atoms with Crippen molar-refractivity contribution in [1.82, 2.24) is 0 Å². The van der Waals surface area contributed by atoms with E-state index in [1.807, 2.05) is 70.4 Å². The van der Waals surface area contributed by atoms with E-state index in [4.69, 9.17) is 0 Å². The number of fused-ring (bicyclic) bond motifs is 9. The molecular weight excluding hydrogens is 1250 g/mol. The average Bonchev–Trinajstić information content (AvgIpc) is 1.75. The average molecular weight is 1320 g/mol. The van der Waals surface area contributed by atoms with Gasteiger partial charge in [0.15, 0.2) is 0 Å². The van der Waals surface area contributed by atoms with Gasteiger partial charge in [0, 0.05) is 122 Å². The number of nitrogens with one attached hydrogen (secondary N) is 2. The fourth-order valence-corrected chi connectivity index (χ4v) is 15.5. The zero-order valence-electron chi connectivity index (χ0n) is 50.9. The van der Waals surface area contributed by atoms with Crippen LogP contribution in [0.5, 0.6) is 0 Å². The maximum absolute atomic E-state index is 3.51. The molecule has 0 aliphatic rings. The molecule has 0 aliphatic heterocycles. The Labute approximate surface area is 563 Å². The summed E-state index contributed by atoms with van der Waals surface area (Å²) >= 11 is 9.06. The van der Waals surface area contributed by atoms with Gasteiger partial charge in [-0.1, -0.05) is 192 Å². The Kier molecular flexibility index (Phi) is 17.7. The van der Waals surface area contributed by atoms with Gasteiger partial charge in [0.2, 0.25) is 0 Å². The molecule has 0 bridgehead atoms. The molecule has 0 aliphatic carbocycles. The molecule has 0 saturated carbocycles. The van der Waals surface area contributed by atoms with Crippen molar-refractivity contribution >= 4 is 167 Å². The number of benzene rings is 14. The maximum atomic E-state index is 3.51. The lowest BCUT2D eigenvalue weighted by atomic mass is 10.0. The monoisotopic (exact) mass is 1310 g/mol. The molecule has 0 fully saturated rings. The molecule has 4 nitrogen and oxygen atoms in total. The molecule has 3 heterocycles. The summed E-state index contributed by atoms with van der Waals surface area (Å²) in [5, 5.41) is 14.7. The first-order chi connectivity index (χ1) is 45.5. The first-order valence-electron chi connectivity index (χ1n) is 30.6. The molecule has 14 aromatic carbocycles. The van der Waals surface area contributed by atoms with E-state index < -0.39 is 0 Å². The predicted molar refractivity (Wildman–Crippen MR) is 412 cm³/mol. The van der Waals surface area contributed by atoms with Crippen molar-refractivity contribution in [3.63, 3.8) is 0 Å². The maximum Gasteiger partial charge on any atom is 0.0468 e. The number of anilines is 10. The van der Waals surface area contributed by atoms with Gasteiger partial charge in [0.25, 0.3) is 0 Å². The van der Waals surface area contributed by atoms with E-state index >= 15 is 0 Å². The third-order valence-corrected chi connectivity index (χ3v) is 20.4. The number of halogens is 1. The van der Waals surface area contributed by atoms with E-state index in [0.29, 0.717) is 0 Å². The topological polar surface area (TPSA) is 30.5 Å². The summed E-state index contributed by atoms with van der Waals surface area (Å²) in [4.78, 5) is 4.70. The van der Waals surface area contributed by atoms with Crippen molar-refractivity contribution in [3.8, 4) is 22.3 Å². The van der Waals surface area contributed by atoms with Crippen molar-refractivity contribution < 1.29 is 0 Å². The molecular formula is C85H62BrN4S3-. The number of para-hydroxylation sites is 4. The Morgan fingerprint density at radius 1 is 0.215 bits per heavy atom. The molecule has 17 aromatic rings. The van der Waals surface area contributed by atoms with Gasteiger partial charge in [-0.25, -0.2) is 0 Å². The smallest absolute Gasteiger partial charge is 0.0468 e. The number of rotatable bonds is 12. The minimum atomic E-state index is 0. The Bertz CT molecular complexity index is 5050. The van der Waals surface area contributed by atoms with Crippen LogP contribution in [0, 0.1) is 7.43 Å². The van der Waals surface area contributed by atoms with Crippen LogP contribution in [0.15, 0.2) is 350 Å². The zero-order valence-corrected chi connectivity index (χ0v) is 54.9. The van der Waals surface area contributed by atoms with Crippen LogP contribution in [0.2, 0.25) is 0 Å². The molecule has 93 heavy (non-hydrogen) atoms. The minimum Gasteiger partial charge on any atom is -0.358 e. The highest BCUT2D eigenvalue weighted by Gasteiger charge is 2.18. The fourth-order valence-electron chi connectivity index (χ4n) is 11.9. The number of hydrogen-bond acceptors (Lipinski definition) is 7. The normalized spacial score (nSPS) is 11.0. The molecule has 0 unspecified atom stereocenters. The van der Waals surface area contributed by atoms with Crippen LogP contribution in [-0.2, 0) is 0 Å². The Hall–Kier alpha value is -10.6. The molecule has 0 amide bonds. The zero-order chi connectivity index (χ0) is 61.6. The Balaban J connectivity index is 0.000000150. The molecule has 448 valence electrons. The Morgan fingerprint density at radius 2 is 0.473 bits per heavy atom. The summed E-state index contributed by atoms with van der Waals surface area (Å²) in [6.45, 7) is 0. The second-order valence-electron chi connectivity index (χ2n) is 22.4. The molecule has 3 aromatic heterocycles. The van der Waals surface area contributed by atoms with Crippen molar-refractivity contribution in [1.29, 1.82) is 0 Å². The van der Waals surface area contributed by atoms with Gasteiger partial charge in [0.1, 0.15) is 0 Å².